The summed E-state index contributed by atoms with van der Waals surface area (Å²) in [5, 5.41) is 5.19. The van der Waals surface area contributed by atoms with Crippen molar-refractivity contribution in [1.29, 1.82) is 0 Å². The van der Waals surface area contributed by atoms with Gasteiger partial charge < -0.3 is 9.13 Å². The van der Waals surface area contributed by atoms with Crippen molar-refractivity contribution >= 4 is 54.9 Å². The Morgan fingerprint density at radius 2 is 0.935 bits per heavy atom. The summed E-state index contributed by atoms with van der Waals surface area (Å²) >= 11 is 0. The molecule has 3 aliphatic carbocycles. The van der Waals surface area contributed by atoms with Crippen LogP contribution in [-0.2, 0) is 10.8 Å². The second-order valence-electron chi connectivity index (χ2n) is 18.8. The standard InChI is InChI=1S/C60H46N2/c1-59(2)50-31-29-40(61-52-25-12-8-21-42(52)43-22-9-13-26-53(43)61)34-46(50)48-36-49-47-35-41(62-54-27-14-10-23-44(54)45-24-11-15-28-55(45)62)30-32-51(47)60(3,4)58(49)56(57(48)59)39-20-16-19-38(33-39)37-17-6-5-7-18-37/h5-29,31,33-36H,30,32H2,1-4H3. The van der Waals surface area contributed by atoms with E-state index in [9.17, 15) is 0 Å². The van der Waals surface area contributed by atoms with Gasteiger partial charge in [-0.2, -0.15) is 0 Å². The number of aromatic nitrogens is 2. The molecule has 0 unspecified atom stereocenters. The lowest BCUT2D eigenvalue weighted by Crippen LogP contribution is -2.23. The molecule has 2 nitrogen and oxygen atoms in total. The van der Waals surface area contributed by atoms with E-state index < -0.39 is 0 Å². The van der Waals surface area contributed by atoms with Gasteiger partial charge in [0.2, 0.25) is 0 Å². The number of benzene rings is 8. The average Bonchev–Trinajstić information content (AvgIpc) is 3.97. The molecule has 10 aromatic rings. The quantitative estimate of drug-likeness (QED) is 0.168. The molecule has 0 fully saturated rings. The number of fused-ring (bicyclic) bond motifs is 11. The average molecular weight is 795 g/mol. The molecule has 13 rings (SSSR count). The first kappa shape index (κ1) is 35.6. The van der Waals surface area contributed by atoms with Crippen molar-refractivity contribution < 1.29 is 0 Å². The Kier molecular flexibility index (Phi) is 7.28. The zero-order valence-electron chi connectivity index (χ0n) is 35.6. The van der Waals surface area contributed by atoms with Gasteiger partial charge in [0.05, 0.1) is 22.1 Å². The molecule has 0 atom stereocenters. The van der Waals surface area contributed by atoms with Crippen LogP contribution in [0, 0.1) is 0 Å². The first-order valence-corrected chi connectivity index (χ1v) is 22.2. The van der Waals surface area contributed by atoms with Crippen LogP contribution in [0.1, 0.15) is 62.8 Å². The van der Waals surface area contributed by atoms with E-state index in [4.69, 9.17) is 0 Å². The van der Waals surface area contributed by atoms with Gasteiger partial charge in [0, 0.05) is 43.8 Å². The number of para-hydroxylation sites is 4. The molecule has 8 aromatic carbocycles. The molecule has 3 aliphatic rings. The molecule has 0 saturated heterocycles. The molecule has 0 saturated carbocycles. The SMILES string of the molecule is CC1(C)C2=C(C=C(n3c4ccccc4c4ccccc43)CC2)c2cc3c(c(-c4cccc(-c5ccccc5)c4)c21)C(C)(C)c1ccc(-n2c4ccccc4c4ccccc42)cc1-3. The van der Waals surface area contributed by atoms with Crippen molar-refractivity contribution in [3.05, 3.63) is 210 Å². The molecular formula is C60H46N2. The van der Waals surface area contributed by atoms with Crippen molar-refractivity contribution in [3.8, 4) is 39.1 Å². The second kappa shape index (κ2) is 12.7. The summed E-state index contributed by atoms with van der Waals surface area (Å²) < 4.78 is 5.02. The molecule has 62 heavy (non-hydrogen) atoms. The summed E-state index contributed by atoms with van der Waals surface area (Å²) in [5.74, 6) is 0. The number of nitrogens with zero attached hydrogens (tertiary/aromatic N) is 2. The van der Waals surface area contributed by atoms with E-state index in [-0.39, 0.29) is 10.8 Å². The maximum atomic E-state index is 2.61. The van der Waals surface area contributed by atoms with Gasteiger partial charge in [-0.15, -0.1) is 0 Å². The fourth-order valence-electron chi connectivity index (χ4n) is 12.1. The number of hydrogen-bond donors (Lipinski definition) is 0. The number of allylic oxidation sites excluding steroid dienone is 4. The predicted molar refractivity (Wildman–Crippen MR) is 262 cm³/mol. The summed E-state index contributed by atoms with van der Waals surface area (Å²) in [7, 11) is 0. The lowest BCUT2D eigenvalue weighted by molar-refractivity contribution is 0.603. The Morgan fingerprint density at radius 1 is 0.403 bits per heavy atom. The Bertz CT molecular complexity index is 3510. The molecule has 2 heteroatoms. The third-order valence-corrected chi connectivity index (χ3v) is 14.8. The van der Waals surface area contributed by atoms with Crippen molar-refractivity contribution in [3.63, 3.8) is 0 Å². The largest absolute Gasteiger partial charge is 0.313 e. The lowest BCUT2D eigenvalue weighted by Gasteiger charge is -2.32. The van der Waals surface area contributed by atoms with E-state index in [2.05, 4.69) is 219 Å². The Morgan fingerprint density at radius 3 is 1.56 bits per heavy atom. The van der Waals surface area contributed by atoms with Gasteiger partial charge in [0.1, 0.15) is 0 Å². The molecule has 0 N–H and O–H groups in total. The molecule has 2 heterocycles. The minimum absolute atomic E-state index is 0.167. The van der Waals surface area contributed by atoms with Crippen molar-refractivity contribution in [2.24, 2.45) is 0 Å². The first-order chi connectivity index (χ1) is 30.3. The van der Waals surface area contributed by atoms with Gasteiger partial charge in [-0.1, -0.05) is 161 Å². The maximum absolute atomic E-state index is 2.61. The van der Waals surface area contributed by atoms with Crippen molar-refractivity contribution in [2.75, 3.05) is 0 Å². The van der Waals surface area contributed by atoms with Gasteiger partial charge in [-0.25, -0.2) is 0 Å². The maximum Gasteiger partial charge on any atom is 0.0541 e. The highest BCUT2D eigenvalue weighted by molar-refractivity contribution is 6.12. The Hall–Kier alpha value is -7.16. The minimum atomic E-state index is -0.236. The number of rotatable bonds is 4. The second-order valence-corrected chi connectivity index (χ2v) is 18.8. The van der Waals surface area contributed by atoms with E-state index in [1.807, 2.05) is 0 Å². The molecule has 0 radical (unpaired) electrons. The summed E-state index contributed by atoms with van der Waals surface area (Å²) in [6.45, 7) is 9.92. The van der Waals surface area contributed by atoms with Crippen molar-refractivity contribution in [2.45, 2.75) is 51.4 Å². The van der Waals surface area contributed by atoms with Gasteiger partial charge in [-0.3, -0.25) is 0 Å². The molecule has 0 aliphatic heterocycles. The van der Waals surface area contributed by atoms with Gasteiger partial charge in [0.15, 0.2) is 0 Å². The van der Waals surface area contributed by atoms with Gasteiger partial charge in [0.25, 0.3) is 0 Å². The van der Waals surface area contributed by atoms with Gasteiger partial charge >= 0.3 is 0 Å². The third-order valence-electron chi connectivity index (χ3n) is 14.8. The van der Waals surface area contributed by atoms with Crippen LogP contribution in [0.4, 0.5) is 0 Å². The Labute approximate surface area is 362 Å². The molecule has 0 amide bonds. The predicted octanol–water partition coefficient (Wildman–Crippen LogP) is 15.9. The highest BCUT2D eigenvalue weighted by Crippen LogP contribution is 2.61. The van der Waals surface area contributed by atoms with Crippen LogP contribution in [0.15, 0.2) is 188 Å². The summed E-state index contributed by atoms with van der Waals surface area (Å²) in [6, 6.07) is 65.7. The topological polar surface area (TPSA) is 9.86 Å². The molecule has 0 spiro atoms. The third kappa shape index (κ3) is 4.75. The fraction of sp³-hybridized carbons (Fsp3) is 0.133. The molecule has 2 aromatic heterocycles. The normalized spacial score (nSPS) is 15.9. The van der Waals surface area contributed by atoms with Crippen LogP contribution in [0.2, 0.25) is 0 Å². The van der Waals surface area contributed by atoms with E-state index in [1.165, 1.54) is 116 Å². The zero-order valence-corrected chi connectivity index (χ0v) is 35.6. The van der Waals surface area contributed by atoms with Crippen LogP contribution < -0.4 is 0 Å². The highest BCUT2D eigenvalue weighted by atomic mass is 15.0. The molecule has 0 bridgehead atoms. The van der Waals surface area contributed by atoms with Crippen LogP contribution >= 0.6 is 0 Å². The zero-order chi connectivity index (χ0) is 41.5. The van der Waals surface area contributed by atoms with E-state index in [1.54, 1.807) is 5.57 Å². The van der Waals surface area contributed by atoms with Crippen LogP contribution in [0.3, 0.4) is 0 Å². The van der Waals surface area contributed by atoms with Crippen LogP contribution in [0.5, 0.6) is 0 Å². The molecule has 296 valence electrons. The highest BCUT2D eigenvalue weighted by Gasteiger charge is 2.46. The van der Waals surface area contributed by atoms with Crippen LogP contribution in [-0.4, -0.2) is 9.13 Å². The van der Waals surface area contributed by atoms with E-state index >= 15 is 0 Å². The van der Waals surface area contributed by atoms with E-state index in [0.29, 0.717) is 0 Å². The molecular weight excluding hydrogens is 749 g/mol. The first-order valence-electron chi connectivity index (χ1n) is 22.2. The van der Waals surface area contributed by atoms with Crippen LogP contribution in [0.25, 0.3) is 93.9 Å². The minimum Gasteiger partial charge on any atom is -0.313 e. The monoisotopic (exact) mass is 794 g/mol. The Balaban J connectivity index is 1.09. The summed E-state index contributed by atoms with van der Waals surface area (Å²) in [6.07, 6.45) is 4.58. The van der Waals surface area contributed by atoms with Gasteiger partial charge in [-0.05, 0) is 129 Å². The van der Waals surface area contributed by atoms with Crippen molar-refractivity contribution in [1.82, 2.24) is 9.13 Å². The van der Waals surface area contributed by atoms with E-state index in [0.717, 1.165) is 12.8 Å². The number of hydrogen-bond acceptors (Lipinski definition) is 0. The lowest BCUT2D eigenvalue weighted by atomic mass is 9.71. The fourth-order valence-corrected chi connectivity index (χ4v) is 12.1. The summed E-state index contributed by atoms with van der Waals surface area (Å²) in [5.41, 5.74) is 23.7. The smallest absolute Gasteiger partial charge is 0.0541 e. The summed E-state index contributed by atoms with van der Waals surface area (Å²) in [4.78, 5) is 0.